The van der Waals surface area contributed by atoms with E-state index in [2.05, 4.69) is 22.1 Å². The molecule has 1 aliphatic heterocycles. The number of aromatic nitrogens is 1. The molecular weight excluding hydrogens is 331 g/mol. The van der Waals surface area contributed by atoms with E-state index in [1.807, 2.05) is 0 Å². The molecule has 1 aliphatic rings. The van der Waals surface area contributed by atoms with Crippen molar-refractivity contribution in [3.8, 4) is 0 Å². The second kappa shape index (κ2) is 6.74. The summed E-state index contributed by atoms with van der Waals surface area (Å²) < 4.78 is 39.1. The van der Waals surface area contributed by atoms with Gasteiger partial charge >= 0.3 is 6.18 Å². The molecule has 25 heavy (non-hydrogen) atoms. The quantitative estimate of drug-likeness (QED) is 0.903. The van der Waals surface area contributed by atoms with Gasteiger partial charge in [-0.1, -0.05) is 19.1 Å². The Labute approximate surface area is 143 Å². The molecule has 1 amide bonds. The molecule has 0 aliphatic carbocycles. The Morgan fingerprint density at radius 1 is 1.28 bits per heavy atom. The van der Waals surface area contributed by atoms with Gasteiger partial charge in [0.15, 0.2) is 0 Å². The fourth-order valence-corrected chi connectivity index (χ4v) is 2.91. The van der Waals surface area contributed by atoms with E-state index >= 15 is 0 Å². The third-order valence-corrected chi connectivity index (χ3v) is 4.24. The zero-order valence-corrected chi connectivity index (χ0v) is 13.7. The molecule has 4 nitrogen and oxygen atoms in total. The van der Waals surface area contributed by atoms with Crippen LogP contribution < -0.4 is 10.2 Å². The fourth-order valence-electron chi connectivity index (χ4n) is 2.91. The molecule has 1 fully saturated rings. The molecule has 1 aromatic heterocycles. The van der Waals surface area contributed by atoms with Gasteiger partial charge in [0.2, 0.25) is 0 Å². The molecule has 0 radical (unpaired) electrons. The van der Waals surface area contributed by atoms with E-state index in [1.165, 1.54) is 30.5 Å². The number of amides is 1. The van der Waals surface area contributed by atoms with Crippen LogP contribution in [0.3, 0.4) is 0 Å². The van der Waals surface area contributed by atoms with Gasteiger partial charge in [-0.2, -0.15) is 13.2 Å². The first-order valence-corrected chi connectivity index (χ1v) is 8.03. The monoisotopic (exact) mass is 349 g/mol. The van der Waals surface area contributed by atoms with Gasteiger partial charge in [-0.05, 0) is 36.6 Å². The number of anilines is 2. The van der Waals surface area contributed by atoms with E-state index in [9.17, 15) is 18.0 Å². The van der Waals surface area contributed by atoms with Crippen molar-refractivity contribution >= 4 is 17.4 Å². The minimum absolute atomic E-state index is 0.256. The Bertz CT molecular complexity index is 776. The van der Waals surface area contributed by atoms with Crippen molar-refractivity contribution < 1.29 is 18.0 Å². The lowest BCUT2D eigenvalue weighted by molar-refractivity contribution is -0.136. The van der Waals surface area contributed by atoms with E-state index < -0.39 is 17.6 Å². The minimum atomic E-state index is -4.53. The largest absolute Gasteiger partial charge is 0.418 e. The van der Waals surface area contributed by atoms with E-state index in [-0.39, 0.29) is 11.3 Å². The molecule has 0 bridgehead atoms. The Hall–Kier alpha value is -2.57. The van der Waals surface area contributed by atoms with Crippen LogP contribution in [0.5, 0.6) is 0 Å². The summed E-state index contributed by atoms with van der Waals surface area (Å²) in [6, 6.07) is 8.04. The lowest BCUT2D eigenvalue weighted by Gasteiger charge is -2.18. The topological polar surface area (TPSA) is 45.2 Å². The molecule has 1 saturated heterocycles. The maximum atomic E-state index is 13.0. The first kappa shape index (κ1) is 17.3. The summed E-state index contributed by atoms with van der Waals surface area (Å²) >= 11 is 0. The maximum absolute atomic E-state index is 13.0. The molecule has 0 spiro atoms. The summed E-state index contributed by atoms with van der Waals surface area (Å²) in [7, 11) is 0. The Kier molecular flexibility index (Phi) is 4.65. The number of carbonyl (C=O) groups excluding carboxylic acids is 1. The molecule has 3 rings (SSSR count). The van der Waals surface area contributed by atoms with E-state index in [4.69, 9.17) is 0 Å². The van der Waals surface area contributed by atoms with Gasteiger partial charge in [0.1, 0.15) is 5.82 Å². The van der Waals surface area contributed by atoms with Crippen LogP contribution in [0.1, 0.15) is 29.3 Å². The van der Waals surface area contributed by atoms with Crippen LogP contribution in [0.2, 0.25) is 0 Å². The SMILES string of the molecule is C[C@H]1CCN(c2cc(C(=O)Nc3ccccc3C(F)(F)F)ccn2)C1. The molecule has 1 aromatic carbocycles. The number of benzene rings is 1. The highest BCUT2D eigenvalue weighted by molar-refractivity contribution is 6.05. The van der Waals surface area contributed by atoms with Crippen LogP contribution >= 0.6 is 0 Å². The van der Waals surface area contributed by atoms with Crippen LogP contribution in [-0.2, 0) is 6.18 Å². The molecular formula is C18H18F3N3O. The molecule has 132 valence electrons. The van der Waals surface area contributed by atoms with Crippen LogP contribution in [0.15, 0.2) is 42.6 Å². The van der Waals surface area contributed by atoms with Crippen molar-refractivity contribution in [1.82, 2.24) is 4.98 Å². The third-order valence-electron chi connectivity index (χ3n) is 4.24. The maximum Gasteiger partial charge on any atom is 0.418 e. The van der Waals surface area contributed by atoms with Crippen molar-refractivity contribution in [3.05, 3.63) is 53.7 Å². The first-order valence-electron chi connectivity index (χ1n) is 8.03. The molecule has 1 N–H and O–H groups in total. The number of halogens is 3. The summed E-state index contributed by atoms with van der Waals surface area (Å²) in [5, 5.41) is 2.35. The average molecular weight is 349 g/mol. The fraction of sp³-hybridized carbons (Fsp3) is 0.333. The zero-order valence-electron chi connectivity index (χ0n) is 13.7. The second-order valence-electron chi connectivity index (χ2n) is 6.24. The van der Waals surface area contributed by atoms with E-state index in [0.717, 1.165) is 25.6 Å². The summed E-state index contributed by atoms with van der Waals surface area (Å²) in [4.78, 5) is 18.7. The number of nitrogens with one attached hydrogen (secondary N) is 1. The smallest absolute Gasteiger partial charge is 0.356 e. The molecule has 0 saturated carbocycles. The number of rotatable bonds is 3. The highest BCUT2D eigenvalue weighted by Crippen LogP contribution is 2.34. The normalized spacial score (nSPS) is 17.6. The first-order chi connectivity index (χ1) is 11.8. The summed E-state index contributed by atoms with van der Waals surface area (Å²) in [6.45, 7) is 3.86. The van der Waals surface area contributed by atoms with Gasteiger partial charge in [0, 0.05) is 24.8 Å². The summed E-state index contributed by atoms with van der Waals surface area (Å²) in [5.41, 5.74) is -0.847. The van der Waals surface area contributed by atoms with Crippen LogP contribution in [0, 0.1) is 5.92 Å². The third kappa shape index (κ3) is 3.92. The molecule has 2 aromatic rings. The van der Waals surface area contributed by atoms with Crippen molar-refractivity contribution in [3.63, 3.8) is 0 Å². The lowest BCUT2D eigenvalue weighted by atomic mass is 10.1. The Balaban J connectivity index is 1.81. The van der Waals surface area contributed by atoms with Crippen LogP contribution in [-0.4, -0.2) is 24.0 Å². The predicted octanol–water partition coefficient (Wildman–Crippen LogP) is 4.20. The highest BCUT2D eigenvalue weighted by atomic mass is 19.4. The standard InChI is InChI=1S/C18H18F3N3O/c1-12-7-9-24(11-12)16-10-13(6-8-22-16)17(25)23-15-5-3-2-4-14(15)18(19,20)21/h2-6,8,10,12H,7,9,11H2,1H3,(H,23,25)/t12-/m0/s1. The number of hydrogen-bond acceptors (Lipinski definition) is 3. The van der Waals surface area contributed by atoms with Crippen LogP contribution in [0.4, 0.5) is 24.7 Å². The number of pyridine rings is 1. The predicted molar refractivity (Wildman–Crippen MR) is 89.6 cm³/mol. The number of carbonyl (C=O) groups is 1. The van der Waals surface area contributed by atoms with Crippen molar-refractivity contribution in [2.75, 3.05) is 23.3 Å². The van der Waals surface area contributed by atoms with Gasteiger partial charge in [-0.15, -0.1) is 0 Å². The summed E-state index contributed by atoms with van der Waals surface area (Å²) in [6.07, 6.45) is -1.97. The molecule has 0 unspecified atom stereocenters. The minimum Gasteiger partial charge on any atom is -0.356 e. The summed E-state index contributed by atoms with van der Waals surface area (Å²) in [5.74, 6) is 0.631. The van der Waals surface area contributed by atoms with Crippen molar-refractivity contribution in [2.24, 2.45) is 5.92 Å². The zero-order chi connectivity index (χ0) is 18.0. The number of alkyl halides is 3. The second-order valence-corrected chi connectivity index (χ2v) is 6.24. The van der Waals surface area contributed by atoms with Gasteiger partial charge in [-0.3, -0.25) is 4.79 Å². The highest BCUT2D eigenvalue weighted by Gasteiger charge is 2.33. The Morgan fingerprint density at radius 3 is 2.72 bits per heavy atom. The molecule has 2 heterocycles. The van der Waals surface area contributed by atoms with E-state index in [0.29, 0.717) is 11.7 Å². The van der Waals surface area contributed by atoms with Gasteiger partial charge in [0.05, 0.1) is 11.3 Å². The van der Waals surface area contributed by atoms with Crippen molar-refractivity contribution in [2.45, 2.75) is 19.5 Å². The molecule has 7 heteroatoms. The van der Waals surface area contributed by atoms with Gasteiger partial charge in [-0.25, -0.2) is 4.98 Å². The number of nitrogens with zero attached hydrogens (tertiary/aromatic N) is 2. The number of hydrogen-bond donors (Lipinski definition) is 1. The molecule has 1 atom stereocenters. The van der Waals surface area contributed by atoms with Crippen LogP contribution in [0.25, 0.3) is 0 Å². The van der Waals surface area contributed by atoms with Gasteiger partial charge in [0.25, 0.3) is 5.91 Å². The van der Waals surface area contributed by atoms with Crippen molar-refractivity contribution in [1.29, 1.82) is 0 Å². The van der Waals surface area contributed by atoms with E-state index in [1.54, 1.807) is 6.07 Å². The Morgan fingerprint density at radius 2 is 2.04 bits per heavy atom. The average Bonchev–Trinajstić information content (AvgIpc) is 3.01. The van der Waals surface area contributed by atoms with Gasteiger partial charge < -0.3 is 10.2 Å². The number of para-hydroxylation sites is 1. The lowest BCUT2D eigenvalue weighted by Crippen LogP contribution is -2.21.